The zero-order valence-corrected chi connectivity index (χ0v) is 7.51. The summed E-state index contributed by atoms with van der Waals surface area (Å²) in [4.78, 5) is -0.0938. The van der Waals surface area contributed by atoms with Crippen LogP contribution in [-0.4, -0.2) is 0 Å². The first-order valence-electron chi connectivity index (χ1n) is 3.26. The number of rotatable bonds is 2. The minimum absolute atomic E-state index is 0.0938. The summed E-state index contributed by atoms with van der Waals surface area (Å²) < 4.78 is 12.9. The molecule has 1 aromatic carbocycles. The van der Waals surface area contributed by atoms with Crippen molar-refractivity contribution in [3.05, 3.63) is 48.3 Å². The van der Waals surface area contributed by atoms with Gasteiger partial charge in [-0.2, -0.15) is 0 Å². The van der Waals surface area contributed by atoms with Crippen molar-refractivity contribution in [1.29, 1.82) is 0 Å². The van der Waals surface area contributed by atoms with Crippen LogP contribution in [0.5, 0.6) is 0 Å². The van der Waals surface area contributed by atoms with Gasteiger partial charge in [-0.1, -0.05) is 40.2 Å². The van der Waals surface area contributed by atoms with Crippen LogP contribution < -0.4 is 0 Å². The Morgan fingerprint density at radius 2 is 2.09 bits per heavy atom. The summed E-state index contributed by atoms with van der Waals surface area (Å²) in [6.07, 6.45) is 1.65. The maximum atomic E-state index is 12.9. The van der Waals surface area contributed by atoms with Crippen molar-refractivity contribution in [1.82, 2.24) is 0 Å². The molecule has 0 spiro atoms. The largest absolute Gasteiger partial charge is 0.207 e. The van der Waals surface area contributed by atoms with E-state index in [0.29, 0.717) is 5.56 Å². The highest BCUT2D eigenvalue weighted by atomic mass is 79.9. The summed E-state index contributed by atoms with van der Waals surface area (Å²) >= 11 is 3.28. The normalized spacial score (nSPS) is 12.5. The monoisotopic (exact) mass is 214 g/mol. The van der Waals surface area contributed by atoms with Crippen molar-refractivity contribution < 1.29 is 4.39 Å². The van der Waals surface area contributed by atoms with E-state index >= 15 is 0 Å². The predicted octanol–water partition coefficient (Wildman–Crippen LogP) is 3.45. The van der Waals surface area contributed by atoms with Crippen LogP contribution in [0, 0.1) is 5.82 Å². The number of hydrogen-bond acceptors (Lipinski definition) is 0. The lowest BCUT2D eigenvalue weighted by Crippen LogP contribution is -1.89. The van der Waals surface area contributed by atoms with Crippen molar-refractivity contribution in [2.24, 2.45) is 0 Å². The van der Waals surface area contributed by atoms with Crippen LogP contribution in [0.2, 0.25) is 0 Å². The zero-order valence-electron chi connectivity index (χ0n) is 5.93. The minimum Gasteiger partial charge on any atom is -0.207 e. The molecule has 0 aromatic heterocycles. The van der Waals surface area contributed by atoms with Crippen molar-refractivity contribution >= 4 is 15.9 Å². The molecule has 0 heterocycles. The van der Waals surface area contributed by atoms with Crippen LogP contribution in [-0.2, 0) is 0 Å². The maximum absolute atomic E-state index is 12.9. The lowest BCUT2D eigenvalue weighted by Gasteiger charge is -2.04. The van der Waals surface area contributed by atoms with E-state index < -0.39 is 0 Å². The number of benzene rings is 1. The van der Waals surface area contributed by atoms with Gasteiger partial charge in [0, 0.05) is 5.56 Å². The van der Waals surface area contributed by atoms with Crippen molar-refractivity contribution in [3.8, 4) is 0 Å². The predicted molar refractivity (Wildman–Crippen MR) is 48.3 cm³/mol. The Balaban J connectivity index is 3.02. The van der Waals surface area contributed by atoms with Gasteiger partial charge in [-0.25, -0.2) is 4.39 Å². The van der Waals surface area contributed by atoms with E-state index in [4.69, 9.17) is 0 Å². The quantitative estimate of drug-likeness (QED) is 0.523. The first-order chi connectivity index (χ1) is 5.25. The van der Waals surface area contributed by atoms with Gasteiger partial charge >= 0.3 is 0 Å². The molecule has 0 bridgehead atoms. The Hall–Kier alpha value is -0.630. The van der Waals surface area contributed by atoms with Gasteiger partial charge in [0.05, 0.1) is 4.83 Å². The van der Waals surface area contributed by atoms with Gasteiger partial charge in [0.1, 0.15) is 5.82 Å². The number of halogens is 2. The van der Waals surface area contributed by atoms with Crippen LogP contribution in [0.4, 0.5) is 4.39 Å². The van der Waals surface area contributed by atoms with Crippen molar-refractivity contribution in [3.63, 3.8) is 0 Å². The lowest BCUT2D eigenvalue weighted by molar-refractivity contribution is 0.614. The van der Waals surface area contributed by atoms with Crippen LogP contribution in [0.3, 0.4) is 0 Å². The molecule has 1 atom stereocenters. The molecule has 1 aromatic rings. The van der Waals surface area contributed by atoms with Gasteiger partial charge in [-0.05, 0) is 6.07 Å². The summed E-state index contributed by atoms with van der Waals surface area (Å²) in [6.45, 7) is 3.56. The SMILES string of the molecule is C=CC(Br)c1ccccc1F. The second-order valence-corrected chi connectivity index (χ2v) is 3.15. The van der Waals surface area contributed by atoms with E-state index in [-0.39, 0.29) is 10.6 Å². The summed E-state index contributed by atoms with van der Waals surface area (Å²) in [6, 6.07) is 6.64. The maximum Gasteiger partial charge on any atom is 0.127 e. The highest BCUT2D eigenvalue weighted by molar-refractivity contribution is 9.09. The van der Waals surface area contributed by atoms with Crippen LogP contribution in [0.1, 0.15) is 10.4 Å². The second-order valence-electron chi connectivity index (χ2n) is 2.16. The Labute approximate surface area is 73.9 Å². The van der Waals surface area contributed by atoms with Crippen molar-refractivity contribution in [2.45, 2.75) is 4.83 Å². The van der Waals surface area contributed by atoms with Crippen LogP contribution >= 0.6 is 15.9 Å². The molecule has 0 saturated heterocycles. The Bertz CT molecular complexity index is 257. The second kappa shape index (κ2) is 3.67. The Morgan fingerprint density at radius 3 is 2.64 bits per heavy atom. The summed E-state index contributed by atoms with van der Waals surface area (Å²) in [7, 11) is 0. The number of hydrogen-bond donors (Lipinski definition) is 0. The van der Waals surface area contributed by atoms with E-state index in [1.165, 1.54) is 6.07 Å². The van der Waals surface area contributed by atoms with Crippen LogP contribution in [0.15, 0.2) is 36.9 Å². The molecule has 0 nitrogen and oxygen atoms in total. The van der Waals surface area contributed by atoms with E-state index in [0.717, 1.165) is 0 Å². The van der Waals surface area contributed by atoms with Gasteiger partial charge in [-0.3, -0.25) is 0 Å². The van der Waals surface area contributed by atoms with Gasteiger partial charge < -0.3 is 0 Å². The first kappa shape index (κ1) is 8.47. The van der Waals surface area contributed by atoms with Gasteiger partial charge in [-0.15, -0.1) is 6.58 Å². The molecule has 0 aliphatic carbocycles. The molecular weight excluding hydrogens is 207 g/mol. The molecule has 0 aliphatic heterocycles. The Kier molecular flexibility index (Phi) is 2.83. The van der Waals surface area contributed by atoms with E-state index in [2.05, 4.69) is 22.5 Å². The summed E-state index contributed by atoms with van der Waals surface area (Å²) in [5, 5.41) is 0. The number of allylic oxidation sites excluding steroid dienone is 1. The molecule has 1 rings (SSSR count). The highest BCUT2D eigenvalue weighted by Gasteiger charge is 2.06. The molecule has 11 heavy (non-hydrogen) atoms. The standard InChI is InChI=1S/C9H8BrF/c1-2-8(10)7-5-3-4-6-9(7)11/h2-6,8H,1H2. The smallest absolute Gasteiger partial charge is 0.127 e. The van der Waals surface area contributed by atoms with E-state index in [1.54, 1.807) is 24.3 Å². The summed E-state index contributed by atoms with van der Waals surface area (Å²) in [5.74, 6) is -0.200. The molecule has 58 valence electrons. The van der Waals surface area contributed by atoms with Crippen molar-refractivity contribution in [2.75, 3.05) is 0 Å². The van der Waals surface area contributed by atoms with Gasteiger partial charge in [0.15, 0.2) is 0 Å². The molecule has 0 fully saturated rings. The fourth-order valence-corrected chi connectivity index (χ4v) is 1.20. The van der Waals surface area contributed by atoms with Crippen LogP contribution in [0.25, 0.3) is 0 Å². The fraction of sp³-hybridized carbons (Fsp3) is 0.111. The third-order valence-corrected chi connectivity index (χ3v) is 2.28. The molecular formula is C9H8BrF. The lowest BCUT2D eigenvalue weighted by atomic mass is 10.1. The zero-order chi connectivity index (χ0) is 8.27. The average Bonchev–Trinajstić information content (AvgIpc) is 2.04. The molecule has 0 N–H and O–H groups in total. The molecule has 0 radical (unpaired) electrons. The first-order valence-corrected chi connectivity index (χ1v) is 4.18. The highest BCUT2D eigenvalue weighted by Crippen LogP contribution is 2.25. The molecule has 0 saturated carbocycles. The third kappa shape index (κ3) is 1.90. The molecule has 2 heteroatoms. The summed E-state index contributed by atoms with van der Waals surface area (Å²) in [5.41, 5.74) is 0.627. The topological polar surface area (TPSA) is 0 Å². The van der Waals surface area contributed by atoms with E-state index in [9.17, 15) is 4.39 Å². The van der Waals surface area contributed by atoms with E-state index in [1.807, 2.05) is 0 Å². The fourth-order valence-electron chi connectivity index (χ4n) is 0.826. The molecule has 1 unspecified atom stereocenters. The molecule has 0 aliphatic rings. The van der Waals surface area contributed by atoms with Gasteiger partial charge in [0.25, 0.3) is 0 Å². The van der Waals surface area contributed by atoms with Gasteiger partial charge in [0.2, 0.25) is 0 Å². The Morgan fingerprint density at radius 1 is 1.45 bits per heavy atom. The third-order valence-electron chi connectivity index (χ3n) is 1.41. The average molecular weight is 215 g/mol. The molecule has 0 amide bonds. The minimum atomic E-state index is -0.200. The number of alkyl halides is 1.